The predicted octanol–water partition coefficient (Wildman–Crippen LogP) is 2.21. The molecule has 0 fully saturated rings. The van der Waals surface area contributed by atoms with E-state index in [0.29, 0.717) is 5.69 Å². The SMILES string of the molecule is Cc1ccc(/C=N/NC(O)c2n[nH]c3c2CCCC3)cc1. The van der Waals surface area contributed by atoms with Gasteiger partial charge in [-0.3, -0.25) is 10.5 Å². The van der Waals surface area contributed by atoms with Crippen molar-refractivity contribution < 1.29 is 5.11 Å². The minimum absolute atomic E-state index is 0.672. The molecule has 0 spiro atoms. The standard InChI is InChI=1S/C16H20N4O/c1-11-6-8-12(9-7-11)10-17-20-16(21)15-13-4-2-3-5-14(13)18-19-15/h6-10,16,20-21H,2-5H2,1H3,(H,18,19)/b17-10+. The smallest absolute Gasteiger partial charge is 0.185 e. The van der Waals surface area contributed by atoms with Crippen LogP contribution in [0.5, 0.6) is 0 Å². The predicted molar refractivity (Wildman–Crippen MR) is 82.1 cm³/mol. The van der Waals surface area contributed by atoms with Crippen molar-refractivity contribution in [2.75, 3.05) is 0 Å². The summed E-state index contributed by atoms with van der Waals surface area (Å²) in [6.45, 7) is 2.05. The second-order valence-electron chi connectivity index (χ2n) is 5.47. The minimum Gasteiger partial charge on any atom is -0.367 e. The molecule has 3 N–H and O–H groups in total. The zero-order valence-corrected chi connectivity index (χ0v) is 12.1. The van der Waals surface area contributed by atoms with Crippen LogP contribution in [-0.4, -0.2) is 21.5 Å². The number of benzene rings is 1. The fourth-order valence-corrected chi connectivity index (χ4v) is 2.63. The Hall–Kier alpha value is -2.14. The van der Waals surface area contributed by atoms with E-state index in [1.807, 2.05) is 31.2 Å². The molecule has 1 atom stereocenters. The van der Waals surface area contributed by atoms with Crippen molar-refractivity contribution in [3.8, 4) is 0 Å². The van der Waals surface area contributed by atoms with E-state index in [0.717, 1.165) is 36.1 Å². The summed E-state index contributed by atoms with van der Waals surface area (Å²) < 4.78 is 0. The Kier molecular flexibility index (Phi) is 4.01. The van der Waals surface area contributed by atoms with Crippen molar-refractivity contribution in [1.29, 1.82) is 0 Å². The van der Waals surface area contributed by atoms with E-state index < -0.39 is 6.23 Å². The zero-order valence-electron chi connectivity index (χ0n) is 12.1. The van der Waals surface area contributed by atoms with E-state index in [1.54, 1.807) is 6.21 Å². The number of hydrogen-bond donors (Lipinski definition) is 3. The van der Waals surface area contributed by atoms with E-state index in [4.69, 9.17) is 0 Å². The molecule has 1 heterocycles. The number of rotatable bonds is 4. The van der Waals surface area contributed by atoms with Crippen LogP contribution >= 0.6 is 0 Å². The Morgan fingerprint density at radius 2 is 2.05 bits per heavy atom. The normalized spacial score (nSPS) is 15.9. The van der Waals surface area contributed by atoms with Crippen molar-refractivity contribution in [1.82, 2.24) is 15.6 Å². The van der Waals surface area contributed by atoms with Crippen molar-refractivity contribution in [2.24, 2.45) is 5.10 Å². The molecule has 2 aromatic rings. The van der Waals surface area contributed by atoms with Crippen LogP contribution in [0.1, 0.15) is 47.1 Å². The second kappa shape index (κ2) is 6.10. The first kappa shape index (κ1) is 13.8. The number of hydrazone groups is 1. The lowest BCUT2D eigenvalue weighted by Gasteiger charge is -2.14. The number of nitrogens with zero attached hydrogens (tertiary/aromatic N) is 2. The number of aromatic nitrogens is 2. The molecule has 0 aliphatic heterocycles. The number of aliphatic hydroxyl groups is 1. The van der Waals surface area contributed by atoms with E-state index in [9.17, 15) is 5.11 Å². The van der Waals surface area contributed by atoms with E-state index in [-0.39, 0.29) is 0 Å². The maximum absolute atomic E-state index is 10.2. The van der Waals surface area contributed by atoms with Gasteiger partial charge in [-0.25, -0.2) is 0 Å². The third-order valence-electron chi connectivity index (χ3n) is 3.84. The molecule has 0 bridgehead atoms. The Bertz CT molecular complexity index is 630. The van der Waals surface area contributed by atoms with Crippen molar-refractivity contribution in [3.05, 3.63) is 52.3 Å². The lowest BCUT2D eigenvalue weighted by atomic mass is 9.95. The number of aryl methyl sites for hydroxylation is 2. The van der Waals surface area contributed by atoms with Crippen LogP contribution in [0, 0.1) is 6.92 Å². The van der Waals surface area contributed by atoms with Gasteiger partial charge in [0.15, 0.2) is 6.23 Å². The first-order valence-electron chi connectivity index (χ1n) is 7.33. The molecule has 0 amide bonds. The Morgan fingerprint density at radius 1 is 1.29 bits per heavy atom. The third-order valence-corrected chi connectivity index (χ3v) is 3.84. The molecule has 110 valence electrons. The van der Waals surface area contributed by atoms with Crippen LogP contribution in [0.25, 0.3) is 0 Å². The van der Waals surface area contributed by atoms with Crippen LogP contribution in [0.3, 0.4) is 0 Å². The Morgan fingerprint density at radius 3 is 2.86 bits per heavy atom. The number of nitrogens with one attached hydrogen (secondary N) is 2. The Balaban J connectivity index is 1.65. The summed E-state index contributed by atoms with van der Waals surface area (Å²) in [4.78, 5) is 0. The van der Waals surface area contributed by atoms with Crippen molar-refractivity contribution in [3.63, 3.8) is 0 Å². The molecule has 1 unspecified atom stereocenters. The average Bonchev–Trinajstić information content (AvgIpc) is 2.93. The fraction of sp³-hybridized carbons (Fsp3) is 0.375. The van der Waals surface area contributed by atoms with Crippen LogP contribution in [0.4, 0.5) is 0 Å². The topological polar surface area (TPSA) is 73.3 Å². The quantitative estimate of drug-likeness (QED) is 0.458. The first-order chi connectivity index (χ1) is 10.2. The van der Waals surface area contributed by atoms with Gasteiger partial charge < -0.3 is 5.11 Å². The van der Waals surface area contributed by atoms with Gasteiger partial charge in [0, 0.05) is 11.3 Å². The molecule has 1 aromatic heterocycles. The molecular weight excluding hydrogens is 264 g/mol. The van der Waals surface area contributed by atoms with Crippen molar-refractivity contribution in [2.45, 2.75) is 38.8 Å². The molecule has 0 saturated carbocycles. The number of H-pyrrole nitrogens is 1. The van der Waals surface area contributed by atoms with E-state index in [1.165, 1.54) is 12.0 Å². The highest BCUT2D eigenvalue weighted by atomic mass is 16.3. The molecule has 0 saturated heterocycles. The lowest BCUT2D eigenvalue weighted by Crippen LogP contribution is -2.18. The first-order valence-corrected chi connectivity index (χ1v) is 7.33. The maximum atomic E-state index is 10.2. The molecule has 1 aliphatic rings. The van der Waals surface area contributed by atoms with Crippen LogP contribution in [0.2, 0.25) is 0 Å². The van der Waals surface area contributed by atoms with Gasteiger partial charge in [-0.2, -0.15) is 10.2 Å². The third kappa shape index (κ3) is 3.13. The Labute approximate surface area is 124 Å². The highest BCUT2D eigenvalue weighted by molar-refractivity contribution is 5.79. The van der Waals surface area contributed by atoms with Gasteiger partial charge in [0.2, 0.25) is 0 Å². The van der Waals surface area contributed by atoms with Gasteiger partial charge in [-0.1, -0.05) is 29.8 Å². The van der Waals surface area contributed by atoms with Gasteiger partial charge in [-0.15, -0.1) is 0 Å². The van der Waals surface area contributed by atoms with E-state index in [2.05, 4.69) is 20.7 Å². The van der Waals surface area contributed by atoms with Crippen LogP contribution in [-0.2, 0) is 12.8 Å². The van der Waals surface area contributed by atoms with Crippen molar-refractivity contribution >= 4 is 6.21 Å². The molecule has 5 heteroatoms. The van der Waals surface area contributed by atoms with Gasteiger partial charge >= 0.3 is 0 Å². The maximum Gasteiger partial charge on any atom is 0.185 e. The summed E-state index contributed by atoms with van der Waals surface area (Å²) in [7, 11) is 0. The van der Waals surface area contributed by atoms with Gasteiger partial charge in [0.1, 0.15) is 5.69 Å². The highest BCUT2D eigenvalue weighted by Crippen LogP contribution is 2.25. The van der Waals surface area contributed by atoms with Crippen LogP contribution < -0.4 is 5.43 Å². The summed E-state index contributed by atoms with van der Waals surface area (Å²) in [6, 6.07) is 8.04. The second-order valence-corrected chi connectivity index (χ2v) is 5.47. The van der Waals surface area contributed by atoms with Gasteiger partial charge in [0.05, 0.1) is 6.21 Å². The molecule has 1 aromatic carbocycles. The zero-order chi connectivity index (χ0) is 14.7. The number of hydrogen-bond acceptors (Lipinski definition) is 4. The van der Waals surface area contributed by atoms with Gasteiger partial charge in [0.25, 0.3) is 0 Å². The summed E-state index contributed by atoms with van der Waals surface area (Å²) in [6.07, 6.45) is 5.15. The summed E-state index contributed by atoms with van der Waals surface area (Å²) in [5.41, 5.74) is 7.91. The number of aromatic amines is 1. The molecule has 0 radical (unpaired) electrons. The summed E-state index contributed by atoms with van der Waals surface area (Å²) >= 11 is 0. The molecule has 5 nitrogen and oxygen atoms in total. The summed E-state index contributed by atoms with van der Waals surface area (Å²) in [5, 5.41) is 21.5. The fourth-order valence-electron chi connectivity index (χ4n) is 2.63. The van der Waals surface area contributed by atoms with Crippen LogP contribution in [0.15, 0.2) is 29.4 Å². The highest BCUT2D eigenvalue weighted by Gasteiger charge is 2.21. The number of fused-ring (bicyclic) bond motifs is 1. The molecule has 3 rings (SSSR count). The number of aliphatic hydroxyl groups excluding tert-OH is 1. The van der Waals surface area contributed by atoms with Gasteiger partial charge in [-0.05, 0) is 38.2 Å². The average molecular weight is 284 g/mol. The minimum atomic E-state index is -0.871. The molecule has 21 heavy (non-hydrogen) atoms. The van der Waals surface area contributed by atoms with E-state index >= 15 is 0 Å². The largest absolute Gasteiger partial charge is 0.367 e. The summed E-state index contributed by atoms with van der Waals surface area (Å²) in [5.74, 6) is 0. The monoisotopic (exact) mass is 284 g/mol. The lowest BCUT2D eigenvalue weighted by molar-refractivity contribution is 0.135. The molecular formula is C16H20N4O. The molecule has 1 aliphatic carbocycles.